The van der Waals surface area contributed by atoms with Crippen molar-refractivity contribution in [3.05, 3.63) is 67.6 Å². The largest absolute Gasteiger partial charge is 0.342 e. The lowest BCUT2D eigenvalue weighted by molar-refractivity contribution is -0.138. The molecular formula is C26H27ClN4O3. The van der Waals surface area contributed by atoms with Crippen LogP contribution in [0.15, 0.2) is 34.6 Å². The molecule has 0 radical (unpaired) electrons. The van der Waals surface area contributed by atoms with Gasteiger partial charge in [-0.05, 0) is 61.9 Å². The van der Waals surface area contributed by atoms with Gasteiger partial charge in [0.15, 0.2) is 0 Å². The summed E-state index contributed by atoms with van der Waals surface area (Å²) in [6.45, 7) is 3.36. The number of hydrogen-bond acceptors (Lipinski definition) is 4. The van der Waals surface area contributed by atoms with Crippen molar-refractivity contribution in [2.75, 3.05) is 18.4 Å². The van der Waals surface area contributed by atoms with E-state index in [1.807, 2.05) is 24.0 Å². The van der Waals surface area contributed by atoms with Crippen molar-refractivity contribution in [2.24, 2.45) is 13.0 Å². The summed E-state index contributed by atoms with van der Waals surface area (Å²) in [7, 11) is 1.48. The fourth-order valence-corrected chi connectivity index (χ4v) is 4.57. The molecule has 1 aromatic carbocycles. The molecule has 1 aliphatic heterocycles. The monoisotopic (exact) mass is 478 g/mol. The minimum atomic E-state index is -0.485. The van der Waals surface area contributed by atoms with Crippen LogP contribution in [0.4, 0.5) is 5.69 Å². The Labute approximate surface area is 203 Å². The van der Waals surface area contributed by atoms with E-state index < -0.39 is 11.5 Å². The van der Waals surface area contributed by atoms with Crippen LogP contribution in [0.25, 0.3) is 6.08 Å². The fourth-order valence-electron chi connectivity index (χ4n) is 4.34. The van der Waals surface area contributed by atoms with Gasteiger partial charge in [0.2, 0.25) is 5.91 Å². The zero-order valence-corrected chi connectivity index (χ0v) is 20.1. The average Bonchev–Trinajstić information content (AvgIpc) is 2.77. The van der Waals surface area contributed by atoms with Crippen LogP contribution < -0.4 is 10.9 Å². The SMILES string of the molecule is Cc1c(C=C2CCN(C(=O)C3CCC3)CC2)cc(Cl)cc1NC(=O)c1cc(C#N)n(C)c(=O)c1. The van der Waals surface area contributed by atoms with Crippen molar-refractivity contribution in [1.82, 2.24) is 9.47 Å². The Morgan fingerprint density at radius 2 is 1.88 bits per heavy atom. The molecule has 2 aromatic rings. The highest BCUT2D eigenvalue weighted by molar-refractivity contribution is 6.31. The second-order valence-electron chi connectivity index (χ2n) is 9.02. The van der Waals surface area contributed by atoms with E-state index in [1.54, 1.807) is 6.07 Å². The molecule has 1 aliphatic carbocycles. The Bertz CT molecular complexity index is 1270. The Balaban J connectivity index is 1.51. The average molecular weight is 479 g/mol. The molecule has 2 heterocycles. The zero-order valence-electron chi connectivity index (χ0n) is 19.4. The maximum Gasteiger partial charge on any atom is 0.255 e. The molecule has 7 nitrogen and oxygen atoms in total. The molecule has 0 spiro atoms. The van der Waals surface area contributed by atoms with E-state index in [4.69, 9.17) is 11.6 Å². The summed E-state index contributed by atoms with van der Waals surface area (Å²) in [5, 5.41) is 12.5. The quantitative estimate of drug-likeness (QED) is 0.709. The summed E-state index contributed by atoms with van der Waals surface area (Å²) in [5.74, 6) is 0.0337. The number of hydrogen-bond donors (Lipinski definition) is 1. The van der Waals surface area contributed by atoms with Gasteiger partial charge >= 0.3 is 0 Å². The van der Waals surface area contributed by atoms with Gasteiger partial charge in [-0.25, -0.2) is 0 Å². The molecule has 2 aliphatic rings. The van der Waals surface area contributed by atoms with Gasteiger partial charge in [-0.15, -0.1) is 0 Å². The maximum atomic E-state index is 12.8. The van der Waals surface area contributed by atoms with Gasteiger partial charge in [-0.2, -0.15) is 5.26 Å². The number of amides is 2. The first-order chi connectivity index (χ1) is 16.3. The van der Waals surface area contributed by atoms with Gasteiger partial charge in [0.05, 0.1) is 0 Å². The molecule has 8 heteroatoms. The Kier molecular flexibility index (Phi) is 6.90. The molecule has 2 fully saturated rings. The predicted octanol–water partition coefficient (Wildman–Crippen LogP) is 4.28. The van der Waals surface area contributed by atoms with Crippen molar-refractivity contribution in [1.29, 1.82) is 5.26 Å². The number of aromatic nitrogens is 1. The number of pyridine rings is 1. The third kappa shape index (κ3) is 4.92. The van der Waals surface area contributed by atoms with Gasteiger partial charge in [0, 0.05) is 48.4 Å². The fraction of sp³-hybridized carbons (Fsp3) is 0.385. The smallest absolute Gasteiger partial charge is 0.255 e. The summed E-state index contributed by atoms with van der Waals surface area (Å²) in [4.78, 5) is 39.4. The maximum absolute atomic E-state index is 12.8. The Morgan fingerprint density at radius 1 is 1.18 bits per heavy atom. The van der Waals surface area contributed by atoms with Gasteiger partial charge in [0.25, 0.3) is 11.5 Å². The number of benzene rings is 1. The normalized spacial score (nSPS) is 15.9. The summed E-state index contributed by atoms with van der Waals surface area (Å²) >= 11 is 6.35. The zero-order chi connectivity index (χ0) is 24.4. The lowest BCUT2D eigenvalue weighted by Crippen LogP contribution is -2.42. The van der Waals surface area contributed by atoms with Gasteiger partial charge in [-0.3, -0.25) is 14.4 Å². The van der Waals surface area contributed by atoms with Gasteiger partial charge in [0.1, 0.15) is 11.8 Å². The van der Waals surface area contributed by atoms with E-state index in [2.05, 4.69) is 11.4 Å². The van der Waals surface area contributed by atoms with Gasteiger partial charge in [-0.1, -0.05) is 29.7 Å². The number of nitriles is 1. The van der Waals surface area contributed by atoms with Crippen molar-refractivity contribution < 1.29 is 9.59 Å². The first-order valence-corrected chi connectivity index (χ1v) is 11.9. The van der Waals surface area contributed by atoms with Crippen LogP contribution in [0.1, 0.15) is 59.3 Å². The minimum Gasteiger partial charge on any atom is -0.342 e. The standard InChI is InChI=1S/C26H27ClN4O3/c1-16-19(10-17-6-8-31(9-7-17)26(34)18-4-3-5-18)11-21(27)14-23(16)29-25(33)20-12-22(15-28)30(2)24(32)13-20/h10-14,18H,3-9H2,1-2H3,(H,29,33). The van der Waals surface area contributed by atoms with Crippen LogP contribution in [0.3, 0.4) is 0 Å². The molecule has 4 rings (SSSR count). The molecule has 2 amide bonds. The highest BCUT2D eigenvalue weighted by atomic mass is 35.5. The molecule has 1 saturated heterocycles. The van der Waals surface area contributed by atoms with Crippen LogP contribution in [0.2, 0.25) is 5.02 Å². The third-order valence-corrected chi connectivity index (χ3v) is 7.05. The van der Waals surface area contributed by atoms with E-state index in [9.17, 15) is 19.6 Å². The highest BCUT2D eigenvalue weighted by Crippen LogP contribution is 2.32. The first-order valence-electron chi connectivity index (χ1n) is 11.5. The topological polar surface area (TPSA) is 95.2 Å². The van der Waals surface area contributed by atoms with Crippen molar-refractivity contribution in [2.45, 2.75) is 39.0 Å². The summed E-state index contributed by atoms with van der Waals surface area (Å²) in [6.07, 6.45) is 6.91. The second-order valence-corrected chi connectivity index (χ2v) is 9.45. The number of carbonyl (C=O) groups excluding carboxylic acids is 2. The molecular weight excluding hydrogens is 452 g/mol. The van der Waals surface area contributed by atoms with Crippen molar-refractivity contribution in [3.63, 3.8) is 0 Å². The molecule has 0 unspecified atom stereocenters. The molecule has 1 saturated carbocycles. The molecule has 176 valence electrons. The molecule has 0 atom stereocenters. The van der Waals surface area contributed by atoms with Crippen LogP contribution in [-0.2, 0) is 11.8 Å². The number of carbonyl (C=O) groups is 2. The van der Waals surface area contributed by atoms with Crippen LogP contribution in [-0.4, -0.2) is 34.4 Å². The summed E-state index contributed by atoms with van der Waals surface area (Å²) < 4.78 is 1.19. The van der Waals surface area contributed by atoms with Crippen LogP contribution >= 0.6 is 11.6 Å². The number of nitrogens with zero attached hydrogens (tertiary/aromatic N) is 3. The van der Waals surface area contributed by atoms with E-state index in [0.717, 1.165) is 56.3 Å². The molecule has 0 bridgehead atoms. The lowest BCUT2D eigenvalue weighted by atomic mass is 9.84. The Hall–Kier alpha value is -3.37. The lowest BCUT2D eigenvalue weighted by Gasteiger charge is -2.34. The molecule has 1 aromatic heterocycles. The van der Waals surface area contributed by atoms with Crippen molar-refractivity contribution in [3.8, 4) is 6.07 Å². The van der Waals surface area contributed by atoms with E-state index in [0.29, 0.717) is 16.6 Å². The molecule has 34 heavy (non-hydrogen) atoms. The third-order valence-electron chi connectivity index (χ3n) is 6.83. The number of nitrogens with one attached hydrogen (secondary N) is 1. The first kappa shape index (κ1) is 23.8. The number of likely N-dealkylation sites (tertiary alicyclic amines) is 1. The number of halogens is 1. The van der Waals surface area contributed by atoms with E-state index in [1.165, 1.54) is 29.3 Å². The van der Waals surface area contributed by atoms with Gasteiger partial charge < -0.3 is 14.8 Å². The Morgan fingerprint density at radius 3 is 2.50 bits per heavy atom. The number of anilines is 1. The van der Waals surface area contributed by atoms with Crippen molar-refractivity contribution >= 4 is 35.2 Å². The number of rotatable bonds is 4. The molecule has 1 N–H and O–H groups in total. The summed E-state index contributed by atoms with van der Waals surface area (Å²) in [6, 6.07) is 8.04. The highest BCUT2D eigenvalue weighted by Gasteiger charge is 2.30. The van der Waals surface area contributed by atoms with E-state index >= 15 is 0 Å². The van der Waals surface area contributed by atoms with E-state index in [-0.39, 0.29) is 17.2 Å². The predicted molar refractivity (Wildman–Crippen MR) is 132 cm³/mol. The minimum absolute atomic E-state index is 0.105. The van der Waals surface area contributed by atoms with Crippen LogP contribution in [0, 0.1) is 24.2 Å². The summed E-state index contributed by atoms with van der Waals surface area (Å²) in [5.41, 5.74) is 3.32. The van der Waals surface area contributed by atoms with Crippen LogP contribution in [0.5, 0.6) is 0 Å². The number of piperidine rings is 1. The second kappa shape index (κ2) is 9.86.